The monoisotopic (exact) mass is 360 g/mol. The number of carbonyl (C=O) groups excluding carboxylic acids is 1. The summed E-state index contributed by atoms with van der Waals surface area (Å²) in [7, 11) is 0. The maximum absolute atomic E-state index is 9.93. The fourth-order valence-electron chi connectivity index (χ4n) is 1.88. The molecule has 0 rings (SSSR count). The Balaban J connectivity index is 3.84. The SMILES string of the molecule is CC/C=C\C[C@H](O)/C=C/C=C\C=C\[C@@H](O)C/C=C\C/C=C\CCOC=O. The first kappa shape index (κ1) is 23.8. The van der Waals surface area contributed by atoms with E-state index in [0.717, 1.165) is 12.8 Å². The second kappa shape index (κ2) is 19.2. The summed E-state index contributed by atoms with van der Waals surface area (Å²) >= 11 is 0. The van der Waals surface area contributed by atoms with Crippen molar-refractivity contribution >= 4 is 6.47 Å². The van der Waals surface area contributed by atoms with Gasteiger partial charge in [-0.05, 0) is 32.1 Å². The highest BCUT2D eigenvalue weighted by atomic mass is 16.5. The minimum absolute atomic E-state index is 0.408. The van der Waals surface area contributed by atoms with Crippen molar-refractivity contribution in [2.45, 2.75) is 51.2 Å². The molecule has 4 heteroatoms. The van der Waals surface area contributed by atoms with Crippen molar-refractivity contribution in [3.05, 3.63) is 72.9 Å². The van der Waals surface area contributed by atoms with Crippen LogP contribution in [0.3, 0.4) is 0 Å². The number of hydrogen-bond donors (Lipinski definition) is 2. The molecule has 144 valence electrons. The third-order valence-corrected chi connectivity index (χ3v) is 3.23. The molecule has 0 fully saturated rings. The molecule has 0 heterocycles. The Kier molecular flexibility index (Phi) is 17.6. The van der Waals surface area contributed by atoms with Crippen LogP contribution in [-0.4, -0.2) is 35.5 Å². The van der Waals surface area contributed by atoms with Crippen LogP contribution >= 0.6 is 0 Å². The van der Waals surface area contributed by atoms with Gasteiger partial charge in [0.1, 0.15) is 0 Å². The van der Waals surface area contributed by atoms with Crippen LogP contribution in [0.1, 0.15) is 39.0 Å². The highest BCUT2D eigenvalue weighted by Gasteiger charge is 1.93. The quantitative estimate of drug-likeness (QED) is 0.199. The van der Waals surface area contributed by atoms with Gasteiger partial charge < -0.3 is 14.9 Å². The zero-order valence-corrected chi connectivity index (χ0v) is 15.6. The lowest BCUT2D eigenvalue weighted by molar-refractivity contribution is -0.128. The van der Waals surface area contributed by atoms with Crippen molar-refractivity contribution in [2.24, 2.45) is 0 Å². The van der Waals surface area contributed by atoms with Crippen LogP contribution in [0.2, 0.25) is 0 Å². The van der Waals surface area contributed by atoms with E-state index in [1.165, 1.54) is 0 Å². The second-order valence-corrected chi connectivity index (χ2v) is 5.57. The summed E-state index contributed by atoms with van der Waals surface area (Å²) < 4.78 is 4.57. The summed E-state index contributed by atoms with van der Waals surface area (Å²) in [5.74, 6) is 0. The second-order valence-electron chi connectivity index (χ2n) is 5.57. The maximum Gasteiger partial charge on any atom is 0.293 e. The standard InChI is InChI=1S/C22H32O4/c1-2-3-10-15-21(24)17-12-7-8-13-18-22(25)16-11-6-4-5-9-14-19-26-20-23/h3,5-13,17-18,20-22,24-25H,2,4,14-16,19H2,1H3/b8-7-,9-5-,10-3-,11-6-,17-12+,18-13+/t21-,22-/m0/s1. The molecule has 0 aromatic heterocycles. The minimum Gasteiger partial charge on any atom is -0.468 e. The van der Waals surface area contributed by atoms with Gasteiger partial charge in [-0.15, -0.1) is 0 Å². The largest absolute Gasteiger partial charge is 0.468 e. The minimum atomic E-state index is -0.519. The molecule has 0 spiro atoms. The fourth-order valence-corrected chi connectivity index (χ4v) is 1.88. The Hall–Kier alpha value is -2.17. The number of aliphatic hydroxyl groups is 2. The molecule has 0 amide bonds. The molecule has 0 bridgehead atoms. The van der Waals surface area contributed by atoms with Gasteiger partial charge in [0.05, 0.1) is 18.8 Å². The summed E-state index contributed by atoms with van der Waals surface area (Å²) in [6.45, 7) is 2.92. The van der Waals surface area contributed by atoms with Crippen molar-refractivity contribution in [2.75, 3.05) is 6.61 Å². The van der Waals surface area contributed by atoms with Gasteiger partial charge in [-0.2, -0.15) is 0 Å². The zero-order valence-electron chi connectivity index (χ0n) is 15.6. The Morgan fingerprint density at radius 2 is 1.38 bits per heavy atom. The lowest BCUT2D eigenvalue weighted by Gasteiger charge is -1.99. The van der Waals surface area contributed by atoms with Crippen LogP contribution in [0.4, 0.5) is 0 Å². The summed E-state index contributed by atoms with van der Waals surface area (Å²) in [5.41, 5.74) is 0. The number of carbonyl (C=O) groups is 1. The zero-order chi connectivity index (χ0) is 19.3. The normalized spacial score (nSPS) is 15.3. The third kappa shape index (κ3) is 18.2. The number of ether oxygens (including phenoxy) is 1. The van der Waals surface area contributed by atoms with E-state index >= 15 is 0 Å². The smallest absolute Gasteiger partial charge is 0.293 e. The van der Waals surface area contributed by atoms with E-state index in [4.69, 9.17) is 0 Å². The average Bonchev–Trinajstić information content (AvgIpc) is 2.63. The molecule has 2 N–H and O–H groups in total. The molecule has 0 radical (unpaired) electrons. The maximum atomic E-state index is 9.93. The van der Waals surface area contributed by atoms with E-state index < -0.39 is 12.2 Å². The lowest BCUT2D eigenvalue weighted by Crippen LogP contribution is -1.98. The van der Waals surface area contributed by atoms with Crippen LogP contribution in [0.15, 0.2) is 72.9 Å². The van der Waals surface area contributed by atoms with Crippen LogP contribution in [-0.2, 0) is 9.53 Å². The highest BCUT2D eigenvalue weighted by Crippen LogP contribution is 1.99. The molecule has 0 unspecified atom stereocenters. The van der Waals surface area contributed by atoms with Gasteiger partial charge in [-0.1, -0.05) is 79.8 Å². The Labute approximate surface area is 157 Å². The molecule has 0 aliphatic heterocycles. The first-order valence-electron chi connectivity index (χ1n) is 9.08. The number of aliphatic hydroxyl groups excluding tert-OH is 2. The predicted molar refractivity (Wildman–Crippen MR) is 108 cm³/mol. The van der Waals surface area contributed by atoms with Gasteiger partial charge in [0.25, 0.3) is 6.47 Å². The summed E-state index contributed by atoms with van der Waals surface area (Å²) in [4.78, 5) is 9.93. The molecule has 0 saturated carbocycles. The van der Waals surface area contributed by atoms with Crippen molar-refractivity contribution in [1.82, 2.24) is 0 Å². The molecule has 0 aromatic carbocycles. The van der Waals surface area contributed by atoms with Crippen molar-refractivity contribution in [3.63, 3.8) is 0 Å². The third-order valence-electron chi connectivity index (χ3n) is 3.23. The van der Waals surface area contributed by atoms with Gasteiger partial charge in [-0.25, -0.2) is 0 Å². The average molecular weight is 360 g/mol. The van der Waals surface area contributed by atoms with Crippen molar-refractivity contribution < 1.29 is 19.7 Å². The molecule has 0 aliphatic rings. The molecule has 4 nitrogen and oxygen atoms in total. The number of allylic oxidation sites excluding steroid dienone is 7. The first-order chi connectivity index (χ1) is 12.7. The summed E-state index contributed by atoms with van der Waals surface area (Å²) in [5, 5.41) is 19.5. The number of hydrogen-bond acceptors (Lipinski definition) is 4. The van der Waals surface area contributed by atoms with Crippen LogP contribution in [0, 0.1) is 0 Å². The molecule has 0 saturated heterocycles. The fraction of sp³-hybridized carbons (Fsp3) is 0.409. The Morgan fingerprint density at radius 1 is 0.808 bits per heavy atom. The molecule has 26 heavy (non-hydrogen) atoms. The molecule has 0 aliphatic carbocycles. The van der Waals surface area contributed by atoms with Crippen LogP contribution in [0.25, 0.3) is 0 Å². The van der Waals surface area contributed by atoms with Gasteiger partial charge >= 0.3 is 0 Å². The topological polar surface area (TPSA) is 66.8 Å². The van der Waals surface area contributed by atoms with Gasteiger partial charge in [-0.3, -0.25) is 4.79 Å². The first-order valence-corrected chi connectivity index (χ1v) is 9.08. The van der Waals surface area contributed by atoms with E-state index in [1.807, 2.05) is 48.6 Å². The summed E-state index contributed by atoms with van der Waals surface area (Å²) in [6.07, 6.45) is 25.3. The van der Waals surface area contributed by atoms with Crippen LogP contribution in [0.5, 0.6) is 0 Å². The van der Waals surface area contributed by atoms with Crippen LogP contribution < -0.4 is 0 Å². The highest BCUT2D eigenvalue weighted by molar-refractivity contribution is 5.36. The molecule has 2 atom stereocenters. The van der Waals surface area contributed by atoms with Gasteiger partial charge in [0.15, 0.2) is 0 Å². The van der Waals surface area contributed by atoms with E-state index in [9.17, 15) is 15.0 Å². The van der Waals surface area contributed by atoms with Crippen molar-refractivity contribution in [3.8, 4) is 0 Å². The van der Waals surface area contributed by atoms with E-state index in [-0.39, 0.29) is 0 Å². The number of rotatable bonds is 15. The Morgan fingerprint density at radius 3 is 1.96 bits per heavy atom. The predicted octanol–water partition coefficient (Wildman–Crippen LogP) is 4.19. The summed E-state index contributed by atoms with van der Waals surface area (Å²) in [6, 6.07) is 0. The van der Waals surface area contributed by atoms with Gasteiger partial charge in [0, 0.05) is 0 Å². The van der Waals surface area contributed by atoms with E-state index in [2.05, 4.69) is 11.7 Å². The molecule has 0 aromatic rings. The lowest BCUT2D eigenvalue weighted by atomic mass is 10.2. The Bertz CT molecular complexity index is 498. The van der Waals surface area contributed by atoms with Gasteiger partial charge in [0.2, 0.25) is 0 Å². The molecular formula is C22H32O4. The molecular weight excluding hydrogens is 328 g/mol. The van der Waals surface area contributed by atoms with E-state index in [0.29, 0.717) is 32.3 Å². The van der Waals surface area contributed by atoms with E-state index in [1.54, 1.807) is 24.3 Å². The van der Waals surface area contributed by atoms with Crippen molar-refractivity contribution in [1.29, 1.82) is 0 Å².